The van der Waals surface area contributed by atoms with Crippen molar-refractivity contribution in [1.29, 1.82) is 0 Å². The first-order chi connectivity index (χ1) is 17.8. The van der Waals surface area contributed by atoms with E-state index in [4.69, 9.17) is 9.97 Å². The van der Waals surface area contributed by atoms with Crippen molar-refractivity contribution >= 4 is 33.1 Å². The topological polar surface area (TPSA) is 49.6 Å². The van der Waals surface area contributed by atoms with Crippen LogP contribution in [-0.2, 0) is 12.8 Å². The van der Waals surface area contributed by atoms with Crippen LogP contribution in [0.5, 0.6) is 0 Å². The van der Waals surface area contributed by atoms with E-state index in [1.54, 1.807) is 6.33 Å². The first-order valence-electron chi connectivity index (χ1n) is 13.0. The number of aromatic nitrogens is 4. The van der Waals surface area contributed by atoms with Gasteiger partial charge in [-0.05, 0) is 41.9 Å². The predicted molar refractivity (Wildman–Crippen MR) is 146 cm³/mol. The summed E-state index contributed by atoms with van der Waals surface area (Å²) < 4.78 is 1.98. The third kappa shape index (κ3) is 3.69. The molecular formula is C29H30N6S. The number of piperazine rings is 1. The van der Waals surface area contributed by atoms with Gasteiger partial charge in [0.2, 0.25) is 5.95 Å². The first kappa shape index (κ1) is 21.9. The van der Waals surface area contributed by atoms with Gasteiger partial charge in [-0.25, -0.2) is 9.97 Å². The van der Waals surface area contributed by atoms with Gasteiger partial charge in [0.25, 0.3) is 0 Å². The summed E-state index contributed by atoms with van der Waals surface area (Å²) in [6.07, 6.45) is 5.24. The summed E-state index contributed by atoms with van der Waals surface area (Å²) in [5, 5.41) is 5.86. The van der Waals surface area contributed by atoms with Gasteiger partial charge in [-0.2, -0.15) is 9.61 Å². The molecule has 2 aromatic carbocycles. The average molecular weight is 495 g/mol. The number of rotatable bonds is 4. The number of thiophene rings is 1. The van der Waals surface area contributed by atoms with E-state index in [1.807, 2.05) is 15.9 Å². The number of benzene rings is 2. The predicted octanol–water partition coefficient (Wildman–Crippen LogP) is 5.38. The summed E-state index contributed by atoms with van der Waals surface area (Å²) in [5.41, 5.74) is 5.11. The van der Waals surface area contributed by atoms with Gasteiger partial charge in [-0.1, -0.05) is 67.6 Å². The van der Waals surface area contributed by atoms with Crippen molar-refractivity contribution in [1.82, 2.24) is 24.5 Å². The lowest BCUT2D eigenvalue weighted by atomic mass is 9.89. The second-order valence-corrected chi connectivity index (χ2v) is 11.3. The second kappa shape index (κ2) is 8.98. The third-order valence-electron chi connectivity index (χ3n) is 7.84. The molecule has 4 heterocycles. The van der Waals surface area contributed by atoms with E-state index in [1.165, 1.54) is 33.4 Å². The van der Waals surface area contributed by atoms with Crippen molar-refractivity contribution in [2.24, 2.45) is 5.92 Å². The largest absolute Gasteiger partial charge is 0.338 e. The number of anilines is 1. The molecule has 1 unspecified atom stereocenters. The van der Waals surface area contributed by atoms with E-state index in [0.29, 0.717) is 5.92 Å². The Morgan fingerprint density at radius 2 is 1.61 bits per heavy atom. The molecule has 3 aromatic heterocycles. The fraction of sp³-hybridized carbons (Fsp3) is 0.345. The summed E-state index contributed by atoms with van der Waals surface area (Å²) in [7, 11) is 0. The molecule has 0 spiro atoms. The Balaban J connectivity index is 1.21. The number of hydrogen-bond acceptors (Lipinski definition) is 6. The molecule has 7 heteroatoms. The Bertz CT molecular complexity index is 1460. The van der Waals surface area contributed by atoms with Crippen molar-refractivity contribution in [2.75, 3.05) is 31.1 Å². The highest BCUT2D eigenvalue weighted by molar-refractivity contribution is 7.19. The molecule has 2 aliphatic rings. The van der Waals surface area contributed by atoms with Crippen molar-refractivity contribution < 1.29 is 0 Å². The molecule has 1 fully saturated rings. The fourth-order valence-corrected chi connectivity index (χ4v) is 7.22. The monoisotopic (exact) mass is 494 g/mol. The average Bonchev–Trinajstić information content (AvgIpc) is 3.54. The Labute approximate surface area is 215 Å². The molecule has 1 saturated heterocycles. The molecule has 0 N–H and O–H groups in total. The SMILES string of the molecule is CC1CCc2sc3nc(N4CCN(C(c5ccccc5)c5ccccc5)CC4)n4ncnc4c3c2C1. The van der Waals surface area contributed by atoms with Crippen LogP contribution in [0.1, 0.15) is 41.0 Å². The molecule has 6 nitrogen and oxygen atoms in total. The maximum Gasteiger partial charge on any atom is 0.230 e. The second-order valence-electron chi connectivity index (χ2n) is 10.2. The lowest BCUT2D eigenvalue weighted by Crippen LogP contribution is -2.48. The van der Waals surface area contributed by atoms with Gasteiger partial charge in [0.15, 0.2) is 5.65 Å². The van der Waals surface area contributed by atoms with Crippen LogP contribution in [0.25, 0.3) is 15.9 Å². The van der Waals surface area contributed by atoms with E-state index < -0.39 is 0 Å². The van der Waals surface area contributed by atoms with Crippen molar-refractivity contribution in [3.63, 3.8) is 0 Å². The van der Waals surface area contributed by atoms with E-state index in [-0.39, 0.29) is 6.04 Å². The lowest BCUT2D eigenvalue weighted by molar-refractivity contribution is 0.211. The zero-order valence-corrected chi connectivity index (χ0v) is 21.4. The summed E-state index contributed by atoms with van der Waals surface area (Å²) in [4.78, 5) is 17.5. The molecule has 1 atom stereocenters. The number of nitrogens with zero attached hydrogens (tertiary/aromatic N) is 6. The molecular weight excluding hydrogens is 464 g/mol. The van der Waals surface area contributed by atoms with Crippen molar-refractivity contribution in [2.45, 2.75) is 32.2 Å². The van der Waals surface area contributed by atoms with Crippen molar-refractivity contribution in [3.05, 3.63) is 88.6 Å². The Morgan fingerprint density at radius 3 is 2.31 bits per heavy atom. The Morgan fingerprint density at radius 1 is 0.917 bits per heavy atom. The van der Waals surface area contributed by atoms with Gasteiger partial charge in [-0.3, -0.25) is 4.90 Å². The van der Waals surface area contributed by atoms with Gasteiger partial charge < -0.3 is 4.90 Å². The quantitative estimate of drug-likeness (QED) is 0.336. The molecule has 1 aliphatic carbocycles. The van der Waals surface area contributed by atoms with E-state index in [9.17, 15) is 0 Å². The van der Waals surface area contributed by atoms with Crippen LogP contribution >= 0.6 is 11.3 Å². The summed E-state index contributed by atoms with van der Waals surface area (Å²) >= 11 is 1.87. The maximum atomic E-state index is 5.20. The van der Waals surface area contributed by atoms with E-state index >= 15 is 0 Å². The number of fused-ring (bicyclic) bond motifs is 5. The summed E-state index contributed by atoms with van der Waals surface area (Å²) in [5.74, 6) is 1.64. The lowest BCUT2D eigenvalue weighted by Gasteiger charge is -2.40. The molecule has 1 aliphatic heterocycles. The standard InChI is InChI=1S/C29H30N6S/c1-20-12-13-24-23(18-20)25-27-30-19-31-35(27)29(32-28(25)36-24)34-16-14-33(15-17-34)26(21-8-4-2-5-9-21)22-10-6-3-7-11-22/h2-11,19-20,26H,12-18H2,1H3. The van der Waals surface area contributed by atoms with E-state index in [0.717, 1.165) is 55.4 Å². The van der Waals surface area contributed by atoms with E-state index in [2.05, 4.69) is 82.5 Å². The van der Waals surface area contributed by atoms with Crippen molar-refractivity contribution in [3.8, 4) is 0 Å². The molecule has 7 rings (SSSR count). The highest BCUT2D eigenvalue weighted by atomic mass is 32.1. The summed E-state index contributed by atoms with van der Waals surface area (Å²) in [6.45, 7) is 6.09. The van der Waals surface area contributed by atoms with Crippen LogP contribution in [-0.4, -0.2) is 50.7 Å². The van der Waals surface area contributed by atoms with Gasteiger partial charge in [-0.15, -0.1) is 11.3 Å². The number of hydrogen-bond donors (Lipinski definition) is 0. The minimum Gasteiger partial charge on any atom is -0.338 e. The Kier molecular flexibility index (Phi) is 5.47. The summed E-state index contributed by atoms with van der Waals surface area (Å²) in [6, 6.07) is 22.0. The Hall–Kier alpha value is -3.29. The third-order valence-corrected chi connectivity index (χ3v) is 9.03. The normalized spacial score (nSPS) is 18.8. The molecule has 5 aromatic rings. The van der Waals surface area contributed by atoms with Gasteiger partial charge in [0.05, 0.1) is 11.4 Å². The molecule has 0 saturated carbocycles. The maximum absolute atomic E-state index is 5.20. The van der Waals surface area contributed by atoms with Crippen LogP contribution in [0.2, 0.25) is 0 Å². The van der Waals surface area contributed by atoms with Gasteiger partial charge >= 0.3 is 0 Å². The molecule has 36 heavy (non-hydrogen) atoms. The minimum absolute atomic E-state index is 0.252. The van der Waals surface area contributed by atoms with Crippen LogP contribution in [0, 0.1) is 5.92 Å². The van der Waals surface area contributed by atoms with Crippen LogP contribution in [0.15, 0.2) is 67.0 Å². The van der Waals surface area contributed by atoms with Gasteiger partial charge in [0, 0.05) is 31.1 Å². The fourth-order valence-electron chi connectivity index (χ4n) is 6.02. The molecule has 182 valence electrons. The molecule has 0 amide bonds. The van der Waals surface area contributed by atoms with Gasteiger partial charge in [0.1, 0.15) is 11.2 Å². The smallest absolute Gasteiger partial charge is 0.230 e. The van der Waals surface area contributed by atoms with Crippen LogP contribution in [0.4, 0.5) is 5.95 Å². The van der Waals surface area contributed by atoms with Crippen LogP contribution in [0.3, 0.4) is 0 Å². The molecule has 0 bridgehead atoms. The highest BCUT2D eigenvalue weighted by Gasteiger charge is 2.30. The van der Waals surface area contributed by atoms with Crippen LogP contribution < -0.4 is 4.90 Å². The number of aryl methyl sites for hydroxylation is 1. The minimum atomic E-state index is 0.252. The first-order valence-corrected chi connectivity index (χ1v) is 13.8. The zero-order chi connectivity index (χ0) is 24.1. The highest BCUT2D eigenvalue weighted by Crippen LogP contribution is 2.40. The molecule has 0 radical (unpaired) electrons. The zero-order valence-electron chi connectivity index (χ0n) is 20.5.